The number of hydrogen-bond acceptors (Lipinski definition) is 1. The van der Waals surface area contributed by atoms with Gasteiger partial charge in [0.05, 0.1) is 0 Å². The van der Waals surface area contributed by atoms with Gasteiger partial charge in [-0.3, -0.25) is 0 Å². The molecule has 1 aliphatic heterocycles. The first-order chi connectivity index (χ1) is 4.83. The van der Waals surface area contributed by atoms with Gasteiger partial charge in [0, 0.05) is 0 Å². The van der Waals surface area contributed by atoms with Crippen LogP contribution in [0.25, 0.3) is 0 Å². The van der Waals surface area contributed by atoms with Gasteiger partial charge in [0.1, 0.15) is 0 Å². The smallest absolute Gasteiger partial charge is 0.00163 e. The molecule has 0 saturated carbocycles. The minimum absolute atomic E-state index is 0.969. The summed E-state index contributed by atoms with van der Waals surface area (Å²) in [6, 6.07) is 0. The van der Waals surface area contributed by atoms with Gasteiger partial charge in [0.2, 0.25) is 0 Å². The lowest BCUT2D eigenvalue weighted by Gasteiger charge is -2.16. The van der Waals surface area contributed by atoms with E-state index in [4.69, 9.17) is 0 Å². The van der Waals surface area contributed by atoms with Crippen LogP contribution in [0.1, 0.15) is 33.1 Å². The molecule has 1 heteroatoms. The fourth-order valence-corrected chi connectivity index (χ4v) is 1.64. The van der Waals surface area contributed by atoms with Crippen molar-refractivity contribution < 1.29 is 0 Å². The zero-order chi connectivity index (χ0) is 7.40. The van der Waals surface area contributed by atoms with Crippen LogP contribution in [0.3, 0.4) is 0 Å². The van der Waals surface area contributed by atoms with Crippen molar-refractivity contribution in [3.05, 3.63) is 0 Å². The Morgan fingerprint density at radius 2 is 2.10 bits per heavy atom. The van der Waals surface area contributed by atoms with Crippen LogP contribution in [0.15, 0.2) is 0 Å². The van der Waals surface area contributed by atoms with E-state index < -0.39 is 0 Å². The summed E-state index contributed by atoms with van der Waals surface area (Å²) in [5.41, 5.74) is 0. The third-order valence-corrected chi connectivity index (χ3v) is 2.56. The quantitative estimate of drug-likeness (QED) is 0.540. The average molecular weight is 141 g/mol. The molecule has 0 N–H and O–H groups in total. The lowest BCUT2D eigenvalue weighted by molar-refractivity contribution is 0.297. The van der Waals surface area contributed by atoms with Crippen LogP contribution in [-0.4, -0.2) is 24.5 Å². The SMILES string of the molecule is CCN1CCC[C@H](C)CC1. The van der Waals surface area contributed by atoms with E-state index in [1.54, 1.807) is 0 Å². The number of likely N-dealkylation sites (tertiary alicyclic amines) is 1. The molecule has 0 aliphatic carbocycles. The van der Waals surface area contributed by atoms with E-state index in [0.717, 1.165) is 5.92 Å². The molecule has 1 rings (SSSR count). The van der Waals surface area contributed by atoms with Gasteiger partial charge in [-0.25, -0.2) is 0 Å². The summed E-state index contributed by atoms with van der Waals surface area (Å²) in [5.74, 6) is 0.969. The van der Waals surface area contributed by atoms with Crippen molar-refractivity contribution in [1.29, 1.82) is 0 Å². The lowest BCUT2D eigenvalue weighted by atomic mass is 10.0. The van der Waals surface area contributed by atoms with Crippen molar-refractivity contribution in [2.75, 3.05) is 19.6 Å². The normalized spacial score (nSPS) is 30.0. The zero-order valence-electron chi connectivity index (χ0n) is 7.27. The molecule has 1 aliphatic rings. The van der Waals surface area contributed by atoms with Gasteiger partial charge in [-0.1, -0.05) is 13.8 Å². The van der Waals surface area contributed by atoms with Gasteiger partial charge < -0.3 is 4.90 Å². The molecular formula is C9H19N. The molecule has 0 aromatic heterocycles. The van der Waals surface area contributed by atoms with Gasteiger partial charge in [0.25, 0.3) is 0 Å². The van der Waals surface area contributed by atoms with Crippen molar-refractivity contribution in [3.63, 3.8) is 0 Å². The van der Waals surface area contributed by atoms with Crippen LogP contribution in [0.4, 0.5) is 0 Å². The van der Waals surface area contributed by atoms with Gasteiger partial charge in [0.15, 0.2) is 0 Å². The molecule has 0 amide bonds. The Kier molecular flexibility index (Phi) is 3.20. The molecule has 0 aromatic carbocycles. The van der Waals surface area contributed by atoms with Crippen LogP contribution in [0, 0.1) is 5.92 Å². The van der Waals surface area contributed by atoms with Crippen LogP contribution in [0.5, 0.6) is 0 Å². The minimum atomic E-state index is 0.969. The Labute approximate surface area is 64.4 Å². The minimum Gasteiger partial charge on any atom is -0.304 e. The maximum absolute atomic E-state index is 2.56. The molecule has 0 bridgehead atoms. The van der Waals surface area contributed by atoms with E-state index in [2.05, 4.69) is 18.7 Å². The molecular weight excluding hydrogens is 122 g/mol. The van der Waals surface area contributed by atoms with Crippen molar-refractivity contribution in [2.24, 2.45) is 5.92 Å². The van der Waals surface area contributed by atoms with Crippen molar-refractivity contribution in [1.82, 2.24) is 4.90 Å². The highest BCUT2D eigenvalue weighted by Crippen LogP contribution is 2.15. The summed E-state index contributed by atoms with van der Waals surface area (Å²) in [6.07, 6.45) is 4.26. The number of nitrogens with zero attached hydrogens (tertiary/aromatic N) is 1. The van der Waals surface area contributed by atoms with Gasteiger partial charge in [-0.05, 0) is 44.8 Å². The van der Waals surface area contributed by atoms with Crippen LogP contribution >= 0.6 is 0 Å². The molecule has 60 valence electrons. The summed E-state index contributed by atoms with van der Waals surface area (Å²) in [5, 5.41) is 0. The Morgan fingerprint density at radius 3 is 2.80 bits per heavy atom. The maximum atomic E-state index is 2.56. The fourth-order valence-electron chi connectivity index (χ4n) is 1.64. The summed E-state index contributed by atoms with van der Waals surface area (Å²) in [6.45, 7) is 8.54. The molecule has 1 saturated heterocycles. The van der Waals surface area contributed by atoms with Crippen LogP contribution < -0.4 is 0 Å². The molecule has 0 aromatic rings. The largest absolute Gasteiger partial charge is 0.304 e. The molecule has 10 heavy (non-hydrogen) atoms. The topological polar surface area (TPSA) is 3.24 Å². The van der Waals surface area contributed by atoms with Crippen molar-refractivity contribution >= 4 is 0 Å². The standard InChI is InChI=1S/C9H19N/c1-3-10-7-4-5-9(2)6-8-10/h9H,3-8H2,1-2H3/t9-/m0/s1. The highest BCUT2D eigenvalue weighted by atomic mass is 15.1. The first kappa shape index (κ1) is 8.06. The molecule has 1 nitrogen and oxygen atoms in total. The van der Waals surface area contributed by atoms with E-state index in [1.807, 2.05) is 0 Å². The third kappa shape index (κ3) is 2.30. The van der Waals surface area contributed by atoms with Gasteiger partial charge >= 0.3 is 0 Å². The first-order valence-electron chi connectivity index (χ1n) is 4.55. The molecule has 0 spiro atoms. The Hall–Kier alpha value is -0.0400. The Bertz CT molecular complexity index is 90.7. The predicted molar refractivity (Wildman–Crippen MR) is 45.1 cm³/mol. The molecule has 1 atom stereocenters. The maximum Gasteiger partial charge on any atom is -0.00163 e. The second-order valence-electron chi connectivity index (χ2n) is 3.47. The third-order valence-electron chi connectivity index (χ3n) is 2.56. The highest BCUT2D eigenvalue weighted by Gasteiger charge is 2.11. The highest BCUT2D eigenvalue weighted by molar-refractivity contribution is 4.65. The van der Waals surface area contributed by atoms with E-state index in [-0.39, 0.29) is 0 Å². The zero-order valence-corrected chi connectivity index (χ0v) is 7.27. The summed E-state index contributed by atoms with van der Waals surface area (Å²) >= 11 is 0. The van der Waals surface area contributed by atoms with E-state index in [1.165, 1.54) is 38.9 Å². The number of hydrogen-bond donors (Lipinski definition) is 0. The summed E-state index contributed by atoms with van der Waals surface area (Å²) in [4.78, 5) is 2.56. The van der Waals surface area contributed by atoms with Gasteiger partial charge in [-0.2, -0.15) is 0 Å². The van der Waals surface area contributed by atoms with Crippen LogP contribution in [0.2, 0.25) is 0 Å². The second kappa shape index (κ2) is 3.97. The monoisotopic (exact) mass is 141 g/mol. The molecule has 0 unspecified atom stereocenters. The van der Waals surface area contributed by atoms with Crippen LogP contribution in [-0.2, 0) is 0 Å². The molecule has 1 fully saturated rings. The van der Waals surface area contributed by atoms with Gasteiger partial charge in [-0.15, -0.1) is 0 Å². The summed E-state index contributed by atoms with van der Waals surface area (Å²) < 4.78 is 0. The molecule has 0 radical (unpaired) electrons. The van der Waals surface area contributed by atoms with E-state index in [0.29, 0.717) is 0 Å². The predicted octanol–water partition coefficient (Wildman–Crippen LogP) is 2.13. The lowest BCUT2D eigenvalue weighted by Crippen LogP contribution is -2.23. The Balaban J connectivity index is 2.26. The second-order valence-corrected chi connectivity index (χ2v) is 3.47. The Morgan fingerprint density at radius 1 is 1.30 bits per heavy atom. The average Bonchev–Trinajstić information content (AvgIpc) is 2.14. The first-order valence-corrected chi connectivity index (χ1v) is 4.55. The fraction of sp³-hybridized carbons (Fsp3) is 1.00. The van der Waals surface area contributed by atoms with Crippen molar-refractivity contribution in [3.8, 4) is 0 Å². The van der Waals surface area contributed by atoms with Crippen molar-refractivity contribution in [2.45, 2.75) is 33.1 Å². The summed E-state index contributed by atoms with van der Waals surface area (Å²) in [7, 11) is 0. The van der Waals surface area contributed by atoms with E-state index in [9.17, 15) is 0 Å². The van der Waals surface area contributed by atoms with E-state index >= 15 is 0 Å². The number of rotatable bonds is 1. The molecule has 1 heterocycles.